The van der Waals surface area contributed by atoms with Crippen molar-refractivity contribution in [1.82, 2.24) is 25.3 Å². The lowest BCUT2D eigenvalue weighted by molar-refractivity contribution is -0.149. The topological polar surface area (TPSA) is 231 Å². The monoisotopic (exact) mass is 1000 g/mol. The fraction of sp³-hybridized carbons (Fsp3) is 0.865. The lowest BCUT2D eigenvalue weighted by atomic mass is 9.84. The molecule has 18 heteroatoms. The van der Waals surface area contributed by atoms with E-state index >= 15 is 0 Å². The average Bonchev–Trinajstić information content (AvgIpc) is 3.28. The molecule has 0 aliphatic rings. The fourth-order valence-corrected chi connectivity index (χ4v) is 7.55. The number of carboxylic acid groups (broad SMARTS) is 2. The van der Waals surface area contributed by atoms with Crippen LogP contribution in [0.15, 0.2) is 0 Å². The van der Waals surface area contributed by atoms with E-state index < -0.39 is 23.4 Å². The maximum Gasteiger partial charge on any atom is 0.326 e. The maximum absolute atomic E-state index is 12.9. The molecule has 0 aliphatic carbocycles. The maximum atomic E-state index is 12.9. The van der Waals surface area contributed by atoms with Crippen LogP contribution in [0.4, 0.5) is 0 Å². The lowest BCUT2D eigenvalue weighted by Gasteiger charge is -2.31. The number of carboxylic acids is 2. The molecule has 0 fully saturated rings. The summed E-state index contributed by atoms with van der Waals surface area (Å²) in [5.41, 5.74) is -0.614. The Balaban J connectivity index is 3.99. The van der Waals surface area contributed by atoms with Gasteiger partial charge in [0.15, 0.2) is 5.78 Å². The van der Waals surface area contributed by atoms with Gasteiger partial charge in [0, 0.05) is 71.0 Å². The van der Waals surface area contributed by atoms with Gasteiger partial charge in [-0.3, -0.25) is 28.8 Å². The lowest BCUT2D eigenvalue weighted by Crippen LogP contribution is -2.50. The van der Waals surface area contributed by atoms with Crippen LogP contribution in [0.1, 0.15) is 176 Å². The number of unbranched alkanes of at least 4 members (excludes halogenated alkanes) is 14. The van der Waals surface area contributed by atoms with E-state index in [0.29, 0.717) is 25.9 Å². The molecule has 0 aromatic heterocycles. The molecule has 0 radical (unpaired) electrons. The molecule has 0 spiro atoms. The number of nitrogens with one attached hydrogen (secondary N) is 2. The van der Waals surface area contributed by atoms with Crippen LogP contribution in [-0.4, -0.2) is 178 Å². The summed E-state index contributed by atoms with van der Waals surface area (Å²) >= 11 is 0. The van der Waals surface area contributed by atoms with Crippen molar-refractivity contribution in [2.24, 2.45) is 5.41 Å². The second-order valence-corrected chi connectivity index (χ2v) is 20.6. The predicted molar refractivity (Wildman–Crippen MR) is 271 cm³/mol. The zero-order valence-electron chi connectivity index (χ0n) is 45.0. The van der Waals surface area contributed by atoms with Gasteiger partial charge >= 0.3 is 11.9 Å². The second kappa shape index (κ2) is 39.9. The Labute approximate surface area is 421 Å². The first-order chi connectivity index (χ1) is 33.1. The fourth-order valence-electron chi connectivity index (χ4n) is 7.55. The minimum Gasteiger partial charge on any atom is -0.481 e. The quantitative estimate of drug-likeness (QED) is 0.0469. The van der Waals surface area contributed by atoms with Gasteiger partial charge < -0.3 is 54.5 Å². The number of ketones is 1. The summed E-state index contributed by atoms with van der Waals surface area (Å²) in [5.74, 6) is -2.60. The number of hydrogen-bond donors (Lipinski definition) is 4. The van der Waals surface area contributed by atoms with E-state index in [1.807, 2.05) is 41.5 Å². The summed E-state index contributed by atoms with van der Waals surface area (Å²) in [4.78, 5) is 89.8. The number of rotatable bonds is 45. The van der Waals surface area contributed by atoms with E-state index in [4.69, 9.17) is 24.1 Å². The van der Waals surface area contributed by atoms with Crippen molar-refractivity contribution in [3.8, 4) is 0 Å². The van der Waals surface area contributed by atoms with Gasteiger partial charge in [0.1, 0.15) is 19.3 Å². The van der Waals surface area contributed by atoms with Crippen LogP contribution in [0.5, 0.6) is 0 Å². The number of carbonyl (C=O) groups excluding carboxylic acids is 5. The van der Waals surface area contributed by atoms with Crippen molar-refractivity contribution in [1.29, 1.82) is 0 Å². The molecule has 0 bridgehead atoms. The number of aliphatic carboxylic acids is 2. The standard InChI is InChI=1S/C52H97N5O13/c1-51(2,3)49(64)42(54-52(4,5)6)26-24-25-31-53-44(58)40-69-38-36-68-35-33-56(8)47(61)41-70-39-37-67-34-32-55(7)45(59)30-29-43(50(65)66)57(9)46(60)27-22-20-18-16-14-12-10-11-13-15-17-19-21-23-28-48(62)63/h42-43,54H,10-41H2,1-9H3,(H,53,58)(H,62,63)(H,65,66)/t42?,43-/m0/s1. The number of nitrogens with zero attached hydrogens (tertiary/aromatic N) is 3. The smallest absolute Gasteiger partial charge is 0.326 e. The van der Waals surface area contributed by atoms with Crippen LogP contribution in [0.25, 0.3) is 0 Å². The van der Waals surface area contributed by atoms with Crippen molar-refractivity contribution >= 4 is 41.4 Å². The van der Waals surface area contributed by atoms with Gasteiger partial charge in [-0.05, 0) is 59.3 Å². The minimum atomic E-state index is -1.14. The number of ether oxygens (including phenoxy) is 4. The Hall–Kier alpha value is -3.71. The molecule has 2 atom stereocenters. The molecule has 0 aromatic rings. The minimum absolute atomic E-state index is 0.00864. The highest BCUT2D eigenvalue weighted by Crippen LogP contribution is 2.21. The molecule has 1 unspecified atom stereocenters. The second-order valence-electron chi connectivity index (χ2n) is 20.6. The normalized spacial score (nSPS) is 12.6. The summed E-state index contributed by atoms with van der Waals surface area (Å²) in [6, 6.07) is -1.33. The third-order valence-electron chi connectivity index (χ3n) is 11.9. The van der Waals surface area contributed by atoms with Crippen molar-refractivity contribution in [2.75, 3.05) is 93.6 Å². The number of amides is 4. The molecule has 0 aromatic carbocycles. The summed E-state index contributed by atoms with van der Waals surface area (Å²) < 4.78 is 21.9. The number of Topliss-reactive ketones (excluding diaryl/α,β-unsaturated/α-hetero) is 1. The Morgan fingerprint density at radius 3 is 1.43 bits per heavy atom. The van der Waals surface area contributed by atoms with Gasteiger partial charge in [0.05, 0.1) is 45.7 Å². The SMILES string of the molecule is CN(CCOCCOCC(=O)N(C)CCOCCOCC(=O)NCCCCC(NC(C)(C)C)C(=O)C(C)(C)C)C(=O)CC[C@@H](C(=O)O)N(C)C(=O)CCCCCCCCCCCCCCCCC(=O)O. The van der Waals surface area contributed by atoms with Gasteiger partial charge in [-0.25, -0.2) is 4.79 Å². The van der Waals surface area contributed by atoms with Crippen molar-refractivity contribution in [2.45, 2.75) is 194 Å². The molecule has 0 heterocycles. The van der Waals surface area contributed by atoms with Gasteiger partial charge in [0.25, 0.3) is 0 Å². The first-order valence-corrected chi connectivity index (χ1v) is 26.1. The molecular weight excluding hydrogens is 903 g/mol. The highest BCUT2D eigenvalue weighted by Gasteiger charge is 2.32. The zero-order valence-corrected chi connectivity index (χ0v) is 45.0. The number of carbonyl (C=O) groups is 7. The van der Waals surface area contributed by atoms with E-state index in [1.165, 1.54) is 66.7 Å². The van der Waals surface area contributed by atoms with E-state index in [2.05, 4.69) is 10.6 Å². The summed E-state index contributed by atoms with van der Waals surface area (Å²) in [7, 11) is 4.74. The highest BCUT2D eigenvalue weighted by molar-refractivity contribution is 5.88. The molecule has 0 aliphatic heterocycles. The summed E-state index contributed by atoms with van der Waals surface area (Å²) in [6.45, 7) is 14.2. The predicted octanol–water partition coefficient (Wildman–Crippen LogP) is 6.65. The molecular formula is C52H97N5O13. The van der Waals surface area contributed by atoms with E-state index in [-0.39, 0.29) is 126 Å². The molecule has 18 nitrogen and oxygen atoms in total. The molecule has 0 saturated carbocycles. The molecule has 4 amide bonds. The largest absolute Gasteiger partial charge is 0.481 e. The van der Waals surface area contributed by atoms with E-state index in [0.717, 1.165) is 51.4 Å². The van der Waals surface area contributed by atoms with Crippen LogP contribution in [0.2, 0.25) is 0 Å². The molecule has 70 heavy (non-hydrogen) atoms. The Morgan fingerprint density at radius 2 is 0.957 bits per heavy atom. The molecule has 0 saturated heterocycles. The third kappa shape index (κ3) is 37.1. The van der Waals surface area contributed by atoms with E-state index in [9.17, 15) is 38.7 Å². The van der Waals surface area contributed by atoms with Crippen LogP contribution in [-0.2, 0) is 52.5 Å². The van der Waals surface area contributed by atoms with Crippen LogP contribution in [0, 0.1) is 5.41 Å². The van der Waals surface area contributed by atoms with Crippen LogP contribution in [0.3, 0.4) is 0 Å². The Morgan fingerprint density at radius 1 is 0.500 bits per heavy atom. The molecule has 0 rings (SSSR count). The average molecular weight is 1000 g/mol. The molecule has 408 valence electrons. The van der Waals surface area contributed by atoms with Crippen LogP contribution < -0.4 is 10.6 Å². The van der Waals surface area contributed by atoms with Crippen molar-refractivity contribution < 1.29 is 62.7 Å². The van der Waals surface area contributed by atoms with Gasteiger partial charge in [-0.1, -0.05) is 97.8 Å². The van der Waals surface area contributed by atoms with Crippen molar-refractivity contribution in [3.63, 3.8) is 0 Å². The zero-order chi connectivity index (χ0) is 52.8. The van der Waals surface area contributed by atoms with Crippen LogP contribution >= 0.6 is 0 Å². The Kier molecular flexibility index (Phi) is 37.7. The molecule has 4 N–H and O–H groups in total. The summed E-state index contributed by atoms with van der Waals surface area (Å²) in [5, 5.41) is 24.8. The third-order valence-corrected chi connectivity index (χ3v) is 11.9. The van der Waals surface area contributed by atoms with Gasteiger partial charge in [-0.15, -0.1) is 0 Å². The first-order valence-electron chi connectivity index (χ1n) is 26.1. The van der Waals surface area contributed by atoms with E-state index in [1.54, 1.807) is 14.1 Å². The Bertz CT molecular complexity index is 1470. The van der Waals surface area contributed by atoms with Gasteiger partial charge in [-0.2, -0.15) is 0 Å². The summed E-state index contributed by atoms with van der Waals surface area (Å²) in [6.07, 6.45) is 17.9. The van der Waals surface area contributed by atoms with Crippen molar-refractivity contribution in [3.05, 3.63) is 0 Å². The number of hydrogen-bond acceptors (Lipinski definition) is 12. The number of likely N-dealkylation sites (N-methyl/N-ethyl adjacent to an activating group) is 3. The highest BCUT2D eigenvalue weighted by atomic mass is 16.5. The van der Waals surface area contributed by atoms with Gasteiger partial charge in [0.2, 0.25) is 23.6 Å². The first kappa shape index (κ1) is 66.3.